The van der Waals surface area contributed by atoms with E-state index in [1.165, 1.54) is 0 Å². The lowest BCUT2D eigenvalue weighted by Gasteiger charge is -2.44. The first-order valence-corrected chi connectivity index (χ1v) is 7.64. The van der Waals surface area contributed by atoms with Crippen molar-refractivity contribution in [3.8, 4) is 0 Å². The third kappa shape index (κ3) is 3.11. The maximum atomic E-state index is 11.7. The van der Waals surface area contributed by atoms with Crippen LogP contribution in [0.3, 0.4) is 0 Å². The number of carboxylic acid groups (broad SMARTS) is 1. The molecule has 19 heavy (non-hydrogen) atoms. The Morgan fingerprint density at radius 1 is 1.58 bits per heavy atom. The maximum absolute atomic E-state index is 11.7. The molecule has 3 atom stereocenters. The molecule has 2 heterocycles. The van der Waals surface area contributed by atoms with Crippen LogP contribution in [-0.4, -0.2) is 48.3 Å². The number of ether oxygens (including phenoxy) is 1. The fourth-order valence-electron chi connectivity index (χ4n) is 3.71. The van der Waals surface area contributed by atoms with Crippen LogP contribution in [-0.2, 0) is 9.53 Å². The SMILES string of the molecule is CCCC1(C(=O)O)CCCN(C(C)C2CCOC2)C1. The molecule has 0 aromatic rings. The van der Waals surface area contributed by atoms with Gasteiger partial charge in [-0.3, -0.25) is 9.69 Å². The largest absolute Gasteiger partial charge is 0.481 e. The van der Waals surface area contributed by atoms with Crippen LogP contribution in [0.15, 0.2) is 0 Å². The fraction of sp³-hybridized carbons (Fsp3) is 0.933. The summed E-state index contributed by atoms with van der Waals surface area (Å²) in [7, 11) is 0. The summed E-state index contributed by atoms with van der Waals surface area (Å²) in [5.41, 5.74) is -0.513. The van der Waals surface area contributed by atoms with Crippen LogP contribution in [0, 0.1) is 11.3 Å². The number of rotatable bonds is 5. The number of carbonyl (C=O) groups is 1. The molecule has 110 valence electrons. The molecule has 0 aromatic carbocycles. The molecule has 2 aliphatic rings. The number of nitrogens with zero attached hydrogens (tertiary/aromatic N) is 1. The monoisotopic (exact) mass is 269 g/mol. The van der Waals surface area contributed by atoms with E-state index in [9.17, 15) is 9.90 Å². The molecule has 2 aliphatic heterocycles. The Morgan fingerprint density at radius 3 is 2.95 bits per heavy atom. The van der Waals surface area contributed by atoms with Crippen molar-refractivity contribution in [2.75, 3.05) is 26.3 Å². The van der Waals surface area contributed by atoms with Crippen LogP contribution in [0.25, 0.3) is 0 Å². The number of piperidine rings is 1. The van der Waals surface area contributed by atoms with E-state index in [0.29, 0.717) is 18.5 Å². The summed E-state index contributed by atoms with van der Waals surface area (Å²) in [6, 6.07) is 0.443. The Morgan fingerprint density at radius 2 is 2.37 bits per heavy atom. The smallest absolute Gasteiger partial charge is 0.310 e. The highest BCUT2D eigenvalue weighted by atomic mass is 16.5. The highest BCUT2D eigenvalue weighted by Gasteiger charge is 2.43. The van der Waals surface area contributed by atoms with Gasteiger partial charge in [-0.25, -0.2) is 0 Å². The van der Waals surface area contributed by atoms with Gasteiger partial charge in [0.1, 0.15) is 0 Å². The minimum atomic E-state index is -0.603. The zero-order valence-corrected chi connectivity index (χ0v) is 12.2. The average Bonchev–Trinajstić information content (AvgIpc) is 2.92. The van der Waals surface area contributed by atoms with Gasteiger partial charge < -0.3 is 9.84 Å². The predicted octanol–water partition coefficient (Wildman–Crippen LogP) is 2.38. The van der Waals surface area contributed by atoms with Gasteiger partial charge in [-0.2, -0.15) is 0 Å². The molecule has 4 heteroatoms. The minimum Gasteiger partial charge on any atom is -0.481 e. The van der Waals surface area contributed by atoms with Crippen LogP contribution < -0.4 is 0 Å². The lowest BCUT2D eigenvalue weighted by molar-refractivity contribution is -0.154. The molecule has 1 N–H and O–H groups in total. The second-order valence-electron chi connectivity index (χ2n) is 6.27. The van der Waals surface area contributed by atoms with Gasteiger partial charge in [-0.05, 0) is 45.1 Å². The molecule has 0 radical (unpaired) electrons. The molecular formula is C15H27NO3. The molecule has 0 spiro atoms. The van der Waals surface area contributed by atoms with Gasteiger partial charge in [0.05, 0.1) is 12.0 Å². The molecule has 0 aliphatic carbocycles. The number of aliphatic carboxylic acids is 1. The van der Waals surface area contributed by atoms with E-state index in [1.54, 1.807) is 0 Å². The van der Waals surface area contributed by atoms with Crippen LogP contribution >= 0.6 is 0 Å². The van der Waals surface area contributed by atoms with Crippen LogP contribution in [0.5, 0.6) is 0 Å². The Labute approximate surface area is 116 Å². The van der Waals surface area contributed by atoms with E-state index in [2.05, 4.69) is 18.7 Å². The van der Waals surface area contributed by atoms with E-state index in [1.807, 2.05) is 0 Å². The summed E-state index contributed by atoms with van der Waals surface area (Å²) in [5.74, 6) is -0.0276. The third-order valence-corrected chi connectivity index (χ3v) is 5.01. The molecule has 2 saturated heterocycles. The van der Waals surface area contributed by atoms with E-state index in [-0.39, 0.29) is 0 Å². The van der Waals surface area contributed by atoms with E-state index in [0.717, 1.165) is 51.9 Å². The maximum Gasteiger partial charge on any atom is 0.310 e. The minimum absolute atomic E-state index is 0.443. The average molecular weight is 269 g/mol. The van der Waals surface area contributed by atoms with Gasteiger partial charge in [0.15, 0.2) is 0 Å². The summed E-state index contributed by atoms with van der Waals surface area (Å²) < 4.78 is 5.47. The molecule has 0 bridgehead atoms. The number of likely N-dealkylation sites (tertiary alicyclic amines) is 1. The highest BCUT2D eigenvalue weighted by molar-refractivity contribution is 5.75. The number of carboxylic acids is 1. The number of hydrogen-bond acceptors (Lipinski definition) is 3. The normalized spacial score (nSPS) is 34.3. The van der Waals surface area contributed by atoms with E-state index < -0.39 is 11.4 Å². The van der Waals surface area contributed by atoms with Crippen molar-refractivity contribution in [3.63, 3.8) is 0 Å². The molecule has 0 aromatic heterocycles. The van der Waals surface area contributed by atoms with Crippen LogP contribution in [0.2, 0.25) is 0 Å². The van der Waals surface area contributed by atoms with E-state index >= 15 is 0 Å². The number of hydrogen-bond donors (Lipinski definition) is 1. The first kappa shape index (κ1) is 14.8. The Bertz CT molecular complexity index is 311. The van der Waals surface area contributed by atoms with Crippen molar-refractivity contribution in [3.05, 3.63) is 0 Å². The second-order valence-corrected chi connectivity index (χ2v) is 6.27. The van der Waals surface area contributed by atoms with Gasteiger partial charge in [0.2, 0.25) is 0 Å². The Kier molecular flexibility index (Phi) is 4.85. The van der Waals surface area contributed by atoms with Crippen molar-refractivity contribution in [2.24, 2.45) is 11.3 Å². The molecule has 0 amide bonds. The standard InChI is InChI=1S/C15H27NO3/c1-3-6-15(14(17)18)7-4-8-16(11-15)12(2)13-5-9-19-10-13/h12-13H,3-11H2,1-2H3,(H,17,18). The van der Waals surface area contributed by atoms with E-state index in [4.69, 9.17) is 4.74 Å². The Balaban J connectivity index is 2.04. The van der Waals surface area contributed by atoms with Gasteiger partial charge in [0.25, 0.3) is 0 Å². The molecular weight excluding hydrogens is 242 g/mol. The first-order chi connectivity index (χ1) is 9.09. The first-order valence-electron chi connectivity index (χ1n) is 7.64. The molecule has 2 rings (SSSR count). The van der Waals surface area contributed by atoms with Gasteiger partial charge >= 0.3 is 5.97 Å². The van der Waals surface area contributed by atoms with Gasteiger partial charge in [-0.15, -0.1) is 0 Å². The summed E-state index contributed by atoms with van der Waals surface area (Å²) in [6.45, 7) is 7.78. The lowest BCUT2D eigenvalue weighted by atomic mass is 9.75. The van der Waals surface area contributed by atoms with Crippen molar-refractivity contribution >= 4 is 5.97 Å². The summed E-state index contributed by atoms with van der Waals surface area (Å²) >= 11 is 0. The molecule has 0 saturated carbocycles. The Hall–Kier alpha value is -0.610. The van der Waals surface area contributed by atoms with Crippen LogP contribution in [0.1, 0.15) is 46.0 Å². The molecule has 4 nitrogen and oxygen atoms in total. The lowest BCUT2D eigenvalue weighted by Crippen LogP contribution is -2.52. The predicted molar refractivity (Wildman–Crippen MR) is 74.2 cm³/mol. The molecule has 3 unspecified atom stereocenters. The van der Waals surface area contributed by atoms with Gasteiger partial charge in [0, 0.05) is 19.2 Å². The quantitative estimate of drug-likeness (QED) is 0.832. The summed E-state index contributed by atoms with van der Waals surface area (Å²) in [4.78, 5) is 14.1. The summed E-state index contributed by atoms with van der Waals surface area (Å²) in [5, 5.41) is 9.63. The zero-order chi connectivity index (χ0) is 13.9. The van der Waals surface area contributed by atoms with Crippen LogP contribution in [0.4, 0.5) is 0 Å². The van der Waals surface area contributed by atoms with Crippen molar-refractivity contribution < 1.29 is 14.6 Å². The zero-order valence-electron chi connectivity index (χ0n) is 12.2. The highest BCUT2D eigenvalue weighted by Crippen LogP contribution is 2.37. The van der Waals surface area contributed by atoms with Crippen molar-refractivity contribution in [2.45, 2.75) is 52.0 Å². The van der Waals surface area contributed by atoms with Gasteiger partial charge in [-0.1, -0.05) is 13.3 Å². The topological polar surface area (TPSA) is 49.8 Å². The van der Waals surface area contributed by atoms with Crippen molar-refractivity contribution in [1.82, 2.24) is 4.90 Å². The van der Waals surface area contributed by atoms with Crippen molar-refractivity contribution in [1.29, 1.82) is 0 Å². The molecule has 2 fully saturated rings. The summed E-state index contributed by atoms with van der Waals surface area (Å²) in [6.07, 6.45) is 4.70. The third-order valence-electron chi connectivity index (χ3n) is 5.01. The fourth-order valence-corrected chi connectivity index (χ4v) is 3.71. The second kappa shape index (κ2) is 6.23.